The van der Waals surface area contributed by atoms with Crippen molar-refractivity contribution in [3.05, 3.63) is 46.6 Å². The number of rotatable bonds is 5. The van der Waals surface area contributed by atoms with Gasteiger partial charge in [-0.2, -0.15) is 0 Å². The number of aromatic amines is 1. The maximum atomic E-state index is 12.3. The van der Waals surface area contributed by atoms with Gasteiger partial charge in [-0.15, -0.1) is 0 Å². The molecule has 0 spiro atoms. The Labute approximate surface area is 137 Å². The molecule has 2 heterocycles. The van der Waals surface area contributed by atoms with Gasteiger partial charge in [-0.05, 0) is 43.2 Å². The predicted octanol–water partition coefficient (Wildman–Crippen LogP) is 2.09. The molecule has 6 heteroatoms. The highest BCUT2D eigenvalue weighted by molar-refractivity contribution is 6.14. The Kier molecular flexibility index (Phi) is 3.81. The SMILES string of the molecule is CC(=O)Cc1cc(=N)c2ncc3cc(C(=O)C=C(C)C=O)[nH]c1c32. The molecule has 0 fully saturated rings. The Morgan fingerprint density at radius 3 is 2.71 bits per heavy atom. The molecule has 0 aliphatic heterocycles. The van der Waals surface area contributed by atoms with Crippen molar-refractivity contribution in [2.24, 2.45) is 0 Å². The highest BCUT2D eigenvalue weighted by Gasteiger charge is 2.16. The number of H-pyrrole nitrogens is 1. The average molecular weight is 321 g/mol. The molecule has 6 nitrogen and oxygen atoms in total. The van der Waals surface area contributed by atoms with E-state index in [1.165, 1.54) is 13.0 Å². The van der Waals surface area contributed by atoms with Crippen LogP contribution < -0.4 is 5.36 Å². The predicted molar refractivity (Wildman–Crippen MR) is 89.2 cm³/mol. The minimum atomic E-state index is -0.330. The number of hydrogen-bond donors (Lipinski definition) is 2. The number of carbonyl (C=O) groups is 3. The molecule has 3 aromatic rings. The monoisotopic (exact) mass is 321 g/mol. The molecule has 3 rings (SSSR count). The summed E-state index contributed by atoms with van der Waals surface area (Å²) in [4.78, 5) is 41.9. The van der Waals surface area contributed by atoms with E-state index in [0.29, 0.717) is 34.2 Å². The quantitative estimate of drug-likeness (QED) is 0.426. The molecule has 1 aromatic carbocycles. The Bertz CT molecular complexity index is 1080. The van der Waals surface area contributed by atoms with Crippen molar-refractivity contribution in [1.82, 2.24) is 9.97 Å². The summed E-state index contributed by atoms with van der Waals surface area (Å²) in [7, 11) is 0. The third-order valence-corrected chi connectivity index (χ3v) is 3.81. The second kappa shape index (κ2) is 5.81. The number of pyridine rings is 1. The van der Waals surface area contributed by atoms with Gasteiger partial charge in [-0.25, -0.2) is 0 Å². The van der Waals surface area contributed by atoms with Gasteiger partial charge >= 0.3 is 0 Å². The Morgan fingerprint density at radius 1 is 1.29 bits per heavy atom. The summed E-state index contributed by atoms with van der Waals surface area (Å²) in [6, 6.07) is 3.25. The van der Waals surface area contributed by atoms with Crippen molar-refractivity contribution in [3.63, 3.8) is 0 Å². The zero-order chi connectivity index (χ0) is 17.4. The van der Waals surface area contributed by atoms with E-state index in [1.54, 1.807) is 25.3 Å². The molecule has 0 unspecified atom stereocenters. The summed E-state index contributed by atoms with van der Waals surface area (Å²) in [5.41, 5.74) is 2.45. The summed E-state index contributed by atoms with van der Waals surface area (Å²) in [5, 5.41) is 9.78. The highest BCUT2D eigenvalue weighted by atomic mass is 16.1. The standard InChI is InChI=1S/C18H15N3O3/c1-9(8-22)3-15(24)14-6-12-7-20-18-13(19)5-11(4-10(2)23)17(21-14)16(12)18/h3,5-8,19,21H,4H2,1-2H3. The number of carbonyl (C=O) groups excluding carboxylic acids is 3. The molecule has 0 bridgehead atoms. The second-order valence-electron chi connectivity index (χ2n) is 5.83. The molecular weight excluding hydrogens is 306 g/mol. The van der Waals surface area contributed by atoms with Gasteiger partial charge in [0.05, 0.1) is 22.1 Å². The number of allylic oxidation sites excluding steroid dienone is 2. The summed E-state index contributed by atoms with van der Waals surface area (Å²) in [5.74, 6) is -0.365. The number of benzene rings is 1. The van der Waals surface area contributed by atoms with Gasteiger partial charge in [0.25, 0.3) is 0 Å². The van der Waals surface area contributed by atoms with Crippen LogP contribution in [0.1, 0.15) is 29.9 Å². The van der Waals surface area contributed by atoms with E-state index in [9.17, 15) is 14.4 Å². The maximum Gasteiger partial charge on any atom is 0.202 e. The third-order valence-electron chi connectivity index (χ3n) is 3.81. The van der Waals surface area contributed by atoms with Crippen molar-refractivity contribution in [2.45, 2.75) is 20.3 Å². The first kappa shape index (κ1) is 15.7. The second-order valence-corrected chi connectivity index (χ2v) is 5.83. The van der Waals surface area contributed by atoms with E-state index in [2.05, 4.69) is 9.97 Å². The van der Waals surface area contributed by atoms with E-state index < -0.39 is 0 Å². The lowest BCUT2D eigenvalue weighted by Gasteiger charge is -2.08. The van der Waals surface area contributed by atoms with Gasteiger partial charge in [0.2, 0.25) is 5.78 Å². The molecule has 0 aliphatic rings. The lowest BCUT2D eigenvalue weighted by Crippen LogP contribution is -2.09. The van der Waals surface area contributed by atoms with Crippen molar-refractivity contribution >= 4 is 39.7 Å². The number of ketones is 2. The van der Waals surface area contributed by atoms with E-state index in [-0.39, 0.29) is 23.3 Å². The van der Waals surface area contributed by atoms with Gasteiger partial charge in [-0.1, -0.05) is 0 Å². The molecule has 2 N–H and O–H groups in total. The van der Waals surface area contributed by atoms with Crippen molar-refractivity contribution in [2.75, 3.05) is 0 Å². The van der Waals surface area contributed by atoms with Gasteiger partial charge in [0.15, 0.2) is 0 Å². The number of aromatic nitrogens is 2. The average Bonchev–Trinajstić information content (AvgIpc) is 2.96. The Morgan fingerprint density at radius 2 is 2.04 bits per heavy atom. The largest absolute Gasteiger partial charge is 0.352 e. The fourth-order valence-electron chi connectivity index (χ4n) is 2.78. The number of Topliss-reactive ketones (excluding diaryl/α,β-unsaturated/α-hetero) is 1. The van der Waals surface area contributed by atoms with E-state index in [0.717, 1.165) is 10.8 Å². The van der Waals surface area contributed by atoms with E-state index in [4.69, 9.17) is 5.41 Å². The van der Waals surface area contributed by atoms with Gasteiger partial charge in [0.1, 0.15) is 12.1 Å². The summed E-state index contributed by atoms with van der Waals surface area (Å²) in [6.07, 6.45) is 3.65. The number of nitrogens with one attached hydrogen (secondary N) is 2. The normalized spacial score (nSPS) is 12.0. The number of aldehydes is 1. The highest BCUT2D eigenvalue weighted by Crippen LogP contribution is 2.27. The summed E-state index contributed by atoms with van der Waals surface area (Å²) >= 11 is 0. The van der Waals surface area contributed by atoms with Crippen LogP contribution in [0.3, 0.4) is 0 Å². The van der Waals surface area contributed by atoms with Crippen LogP contribution in [0.15, 0.2) is 30.0 Å². The fourth-order valence-corrected chi connectivity index (χ4v) is 2.78. The van der Waals surface area contributed by atoms with E-state index in [1.807, 2.05) is 0 Å². The molecule has 0 radical (unpaired) electrons. The molecular formula is C18H15N3O3. The third kappa shape index (κ3) is 2.62. The van der Waals surface area contributed by atoms with Crippen LogP contribution in [-0.2, 0) is 16.0 Å². The van der Waals surface area contributed by atoms with Gasteiger partial charge in [-0.3, -0.25) is 24.8 Å². The van der Waals surface area contributed by atoms with Crippen LogP contribution in [-0.4, -0.2) is 27.8 Å². The molecule has 0 aliphatic carbocycles. The Hall–Kier alpha value is -3.15. The number of hydrogen-bond acceptors (Lipinski definition) is 5. The van der Waals surface area contributed by atoms with Crippen LogP contribution in [0.25, 0.3) is 21.8 Å². The van der Waals surface area contributed by atoms with Crippen LogP contribution >= 0.6 is 0 Å². The lowest BCUT2D eigenvalue weighted by atomic mass is 10.0. The van der Waals surface area contributed by atoms with Crippen LogP contribution in [0.4, 0.5) is 0 Å². The summed E-state index contributed by atoms with van der Waals surface area (Å²) in [6.45, 7) is 3.03. The molecule has 120 valence electrons. The molecule has 0 amide bonds. The lowest BCUT2D eigenvalue weighted by molar-refractivity contribution is -0.116. The molecule has 0 saturated heterocycles. The minimum Gasteiger partial charge on any atom is -0.352 e. The molecule has 0 saturated carbocycles. The Balaban J connectivity index is 2.31. The van der Waals surface area contributed by atoms with Crippen LogP contribution in [0.2, 0.25) is 0 Å². The molecule has 0 atom stereocenters. The first-order valence-corrected chi connectivity index (χ1v) is 7.39. The van der Waals surface area contributed by atoms with Crippen molar-refractivity contribution in [3.8, 4) is 0 Å². The molecule has 2 aromatic heterocycles. The smallest absolute Gasteiger partial charge is 0.202 e. The van der Waals surface area contributed by atoms with Crippen molar-refractivity contribution in [1.29, 1.82) is 5.41 Å². The van der Waals surface area contributed by atoms with Gasteiger partial charge in [0, 0.05) is 23.4 Å². The number of nitrogens with zero attached hydrogens (tertiary/aromatic N) is 1. The topological polar surface area (TPSA) is 104 Å². The van der Waals surface area contributed by atoms with Gasteiger partial charge < -0.3 is 4.98 Å². The first-order valence-electron chi connectivity index (χ1n) is 7.39. The van der Waals surface area contributed by atoms with Crippen molar-refractivity contribution < 1.29 is 14.4 Å². The molecule has 24 heavy (non-hydrogen) atoms. The fraction of sp³-hybridized carbons (Fsp3) is 0.167. The van der Waals surface area contributed by atoms with Crippen LogP contribution in [0, 0.1) is 5.41 Å². The zero-order valence-electron chi connectivity index (χ0n) is 13.3. The minimum absolute atomic E-state index is 0.0352. The van der Waals surface area contributed by atoms with Crippen LogP contribution in [0.5, 0.6) is 0 Å². The first-order chi connectivity index (χ1) is 11.4. The summed E-state index contributed by atoms with van der Waals surface area (Å²) < 4.78 is 0. The van der Waals surface area contributed by atoms with E-state index >= 15 is 0 Å². The zero-order valence-corrected chi connectivity index (χ0v) is 13.3. The maximum absolute atomic E-state index is 12.3.